The van der Waals surface area contributed by atoms with Gasteiger partial charge in [0.25, 0.3) is 0 Å². The second kappa shape index (κ2) is 3.83. The van der Waals surface area contributed by atoms with Crippen LogP contribution < -0.4 is 11.1 Å². The zero-order valence-electron chi connectivity index (χ0n) is 9.25. The van der Waals surface area contributed by atoms with Gasteiger partial charge in [0.15, 0.2) is 0 Å². The van der Waals surface area contributed by atoms with Crippen molar-refractivity contribution in [3.8, 4) is 0 Å². The number of aryl methyl sites for hydroxylation is 1. The number of nitrogens with one attached hydrogen (secondary N) is 1. The van der Waals surface area contributed by atoms with Crippen molar-refractivity contribution >= 4 is 5.69 Å². The minimum Gasteiger partial charge on any atom is -0.395 e. The van der Waals surface area contributed by atoms with Gasteiger partial charge in [-0.3, -0.25) is 0 Å². The predicted octanol–water partition coefficient (Wildman–Crippen LogP) is 1.13. The second-order valence-electron chi connectivity index (χ2n) is 4.31. The molecule has 3 nitrogen and oxygen atoms in total. The molecule has 2 unspecified atom stereocenters. The van der Waals surface area contributed by atoms with Crippen molar-refractivity contribution in [1.29, 1.82) is 0 Å². The van der Waals surface area contributed by atoms with Gasteiger partial charge in [-0.1, -0.05) is 12.1 Å². The molecular formula is C12H18N2O. The Kier molecular flexibility index (Phi) is 2.67. The van der Waals surface area contributed by atoms with Crippen molar-refractivity contribution in [3.63, 3.8) is 0 Å². The van der Waals surface area contributed by atoms with Gasteiger partial charge in [-0.2, -0.15) is 0 Å². The number of benzene rings is 1. The highest BCUT2D eigenvalue weighted by molar-refractivity contribution is 5.65. The lowest BCUT2D eigenvalue weighted by Gasteiger charge is -2.17. The molecule has 0 aromatic heterocycles. The zero-order valence-corrected chi connectivity index (χ0v) is 9.25. The molecule has 4 N–H and O–H groups in total. The maximum atomic E-state index is 9.09. The first-order valence-corrected chi connectivity index (χ1v) is 5.35. The molecule has 0 saturated heterocycles. The average Bonchev–Trinajstić information content (AvgIpc) is 2.66. The Morgan fingerprint density at radius 1 is 1.53 bits per heavy atom. The highest BCUT2D eigenvalue weighted by Gasteiger charge is 2.28. The van der Waals surface area contributed by atoms with Crippen molar-refractivity contribution in [2.75, 3.05) is 18.5 Å². The van der Waals surface area contributed by atoms with Gasteiger partial charge < -0.3 is 16.2 Å². The van der Waals surface area contributed by atoms with Crippen LogP contribution >= 0.6 is 0 Å². The molecule has 0 radical (unpaired) electrons. The first-order valence-electron chi connectivity index (χ1n) is 5.35. The summed E-state index contributed by atoms with van der Waals surface area (Å²) in [5, 5.41) is 12.5. The van der Waals surface area contributed by atoms with Crippen LogP contribution in [0.3, 0.4) is 0 Å². The highest BCUT2D eigenvalue weighted by atomic mass is 16.3. The first kappa shape index (κ1) is 10.5. The molecule has 2 atom stereocenters. The summed E-state index contributed by atoms with van der Waals surface area (Å²) in [4.78, 5) is 0. The molecular weight excluding hydrogens is 188 g/mol. The molecule has 0 bridgehead atoms. The maximum Gasteiger partial charge on any atom is 0.0589 e. The fourth-order valence-corrected chi connectivity index (χ4v) is 2.21. The summed E-state index contributed by atoms with van der Waals surface area (Å²) >= 11 is 0. The zero-order chi connectivity index (χ0) is 11.0. The molecule has 1 aliphatic rings. The molecule has 0 spiro atoms. The summed E-state index contributed by atoms with van der Waals surface area (Å²) < 4.78 is 0. The molecule has 1 aliphatic heterocycles. The maximum absolute atomic E-state index is 9.09. The lowest BCUT2D eigenvalue weighted by molar-refractivity contribution is 0.252. The lowest BCUT2D eigenvalue weighted by atomic mass is 9.92. The Morgan fingerprint density at radius 2 is 2.27 bits per heavy atom. The fourth-order valence-electron chi connectivity index (χ4n) is 2.21. The Bertz CT molecular complexity index is 376. The van der Waals surface area contributed by atoms with Gasteiger partial charge in [-0.15, -0.1) is 0 Å². The third-order valence-electron chi connectivity index (χ3n) is 3.39. The van der Waals surface area contributed by atoms with Crippen molar-refractivity contribution in [3.05, 3.63) is 28.8 Å². The van der Waals surface area contributed by atoms with Crippen LogP contribution in [0.2, 0.25) is 0 Å². The Labute approximate surface area is 90.3 Å². The van der Waals surface area contributed by atoms with E-state index in [1.54, 1.807) is 0 Å². The molecule has 0 fully saturated rings. The monoisotopic (exact) mass is 206 g/mol. The summed E-state index contributed by atoms with van der Waals surface area (Å²) in [6, 6.07) is 4.08. The molecule has 1 heterocycles. The molecule has 1 aromatic rings. The molecule has 1 aromatic carbocycles. The van der Waals surface area contributed by atoms with Gasteiger partial charge in [-0.25, -0.2) is 0 Å². The Morgan fingerprint density at radius 3 is 2.93 bits per heavy atom. The third-order valence-corrected chi connectivity index (χ3v) is 3.39. The van der Waals surface area contributed by atoms with Crippen molar-refractivity contribution in [2.24, 2.45) is 5.73 Å². The van der Waals surface area contributed by atoms with Crippen molar-refractivity contribution in [2.45, 2.75) is 25.8 Å². The van der Waals surface area contributed by atoms with Crippen LogP contribution in [0.1, 0.15) is 22.6 Å². The highest BCUT2D eigenvalue weighted by Crippen LogP contribution is 2.36. The van der Waals surface area contributed by atoms with Gasteiger partial charge >= 0.3 is 0 Å². The number of hydrogen-bond donors (Lipinski definition) is 3. The van der Waals surface area contributed by atoms with Crippen LogP contribution in [-0.2, 0) is 0 Å². The molecule has 15 heavy (non-hydrogen) atoms. The number of fused-ring (bicyclic) bond motifs is 1. The van der Waals surface area contributed by atoms with E-state index in [9.17, 15) is 0 Å². The van der Waals surface area contributed by atoms with Crippen molar-refractivity contribution < 1.29 is 5.11 Å². The van der Waals surface area contributed by atoms with E-state index in [2.05, 4.69) is 31.3 Å². The van der Waals surface area contributed by atoms with Crippen LogP contribution in [0.15, 0.2) is 12.1 Å². The molecule has 0 amide bonds. The number of anilines is 1. The summed E-state index contributed by atoms with van der Waals surface area (Å²) in [5.41, 5.74) is 10.9. The second-order valence-corrected chi connectivity index (χ2v) is 4.31. The van der Waals surface area contributed by atoms with E-state index < -0.39 is 0 Å². The number of aliphatic hydroxyl groups excluding tert-OH is 1. The van der Waals surface area contributed by atoms with E-state index in [-0.39, 0.29) is 18.6 Å². The lowest BCUT2D eigenvalue weighted by Crippen LogP contribution is -2.33. The standard InChI is InChI=1S/C12H18N2O/c1-7-3-4-9-10(11(13)6-15)5-14-12(9)8(7)2/h3-4,10-11,14-15H,5-6,13H2,1-2H3. The van der Waals surface area contributed by atoms with Crippen LogP contribution in [0.4, 0.5) is 5.69 Å². The van der Waals surface area contributed by atoms with E-state index in [0.717, 1.165) is 6.54 Å². The average molecular weight is 206 g/mol. The summed E-state index contributed by atoms with van der Waals surface area (Å²) in [7, 11) is 0. The Hall–Kier alpha value is -1.06. The van der Waals surface area contributed by atoms with E-state index in [4.69, 9.17) is 10.8 Å². The van der Waals surface area contributed by atoms with Crippen LogP contribution in [-0.4, -0.2) is 24.3 Å². The SMILES string of the molecule is Cc1ccc2c(c1C)NCC2C(N)CO. The van der Waals surface area contributed by atoms with Crippen LogP contribution in [0, 0.1) is 13.8 Å². The smallest absolute Gasteiger partial charge is 0.0589 e. The van der Waals surface area contributed by atoms with Gasteiger partial charge in [0.05, 0.1) is 6.61 Å². The van der Waals surface area contributed by atoms with E-state index in [1.165, 1.54) is 22.4 Å². The third kappa shape index (κ3) is 1.62. The van der Waals surface area contributed by atoms with Gasteiger partial charge in [-0.05, 0) is 30.5 Å². The molecule has 82 valence electrons. The number of aliphatic hydroxyl groups is 1. The minimum absolute atomic E-state index is 0.0404. The summed E-state index contributed by atoms with van der Waals surface area (Å²) in [6.07, 6.45) is 0. The first-order chi connectivity index (χ1) is 7.15. The Balaban J connectivity index is 2.40. The predicted molar refractivity (Wildman–Crippen MR) is 62.2 cm³/mol. The summed E-state index contributed by atoms with van der Waals surface area (Å²) in [6.45, 7) is 5.10. The number of nitrogens with two attached hydrogens (primary N) is 1. The van der Waals surface area contributed by atoms with E-state index >= 15 is 0 Å². The molecule has 0 aliphatic carbocycles. The minimum atomic E-state index is -0.166. The molecule has 3 heteroatoms. The van der Waals surface area contributed by atoms with E-state index in [0.29, 0.717) is 0 Å². The van der Waals surface area contributed by atoms with E-state index in [1.807, 2.05) is 0 Å². The van der Waals surface area contributed by atoms with Crippen molar-refractivity contribution in [1.82, 2.24) is 0 Å². The van der Waals surface area contributed by atoms with Crippen LogP contribution in [0.5, 0.6) is 0 Å². The van der Waals surface area contributed by atoms with Gasteiger partial charge in [0.2, 0.25) is 0 Å². The fraction of sp³-hybridized carbons (Fsp3) is 0.500. The molecule has 2 rings (SSSR count). The quantitative estimate of drug-likeness (QED) is 0.680. The van der Waals surface area contributed by atoms with Gasteiger partial charge in [0.1, 0.15) is 0 Å². The largest absolute Gasteiger partial charge is 0.395 e. The topological polar surface area (TPSA) is 58.3 Å². The normalized spacial score (nSPS) is 20.9. The van der Waals surface area contributed by atoms with Gasteiger partial charge in [0, 0.05) is 24.2 Å². The molecule has 0 saturated carbocycles. The van der Waals surface area contributed by atoms with Crippen LogP contribution in [0.25, 0.3) is 0 Å². The summed E-state index contributed by atoms with van der Waals surface area (Å²) in [5.74, 6) is 0.240. The number of hydrogen-bond acceptors (Lipinski definition) is 3. The number of rotatable bonds is 2.